The molecule has 0 aromatic heterocycles. The number of hydrogen-bond acceptors (Lipinski definition) is 0. The molecule has 0 bridgehead atoms. The van der Waals surface area contributed by atoms with E-state index in [-0.39, 0.29) is 84.3 Å². The quantitative estimate of drug-likeness (QED) is 0.375. The van der Waals surface area contributed by atoms with Crippen LogP contribution in [0.4, 0.5) is 0 Å². The molecule has 1 N–H and O–H groups in total. The molecule has 0 aliphatic carbocycles. The Kier molecular flexibility index (Phi) is 148. The van der Waals surface area contributed by atoms with Crippen LogP contribution in [0.1, 0.15) is 0 Å². The van der Waals surface area contributed by atoms with Crippen molar-refractivity contribution in [3.63, 3.8) is 0 Å². The van der Waals surface area contributed by atoms with Gasteiger partial charge < -0.3 is 16.4 Å². The second-order valence-electron chi connectivity index (χ2n) is 0.951. The van der Waals surface area contributed by atoms with Crippen LogP contribution in [0.5, 0.6) is 0 Å². The fourth-order valence-corrected chi connectivity index (χ4v) is 0.141. The van der Waals surface area contributed by atoms with E-state index in [1.807, 2.05) is 0 Å². The molecule has 0 unspecified atom stereocenters. The van der Waals surface area contributed by atoms with Gasteiger partial charge in [0.2, 0.25) is 0 Å². The van der Waals surface area contributed by atoms with Crippen molar-refractivity contribution in [1.29, 1.82) is 0 Å². The maximum Gasteiger partial charge on any atom is 2.00 e. The zero-order valence-electron chi connectivity index (χ0n) is 6.94. The molecule has 0 fully saturated rings. The van der Waals surface area contributed by atoms with Crippen molar-refractivity contribution in [3.8, 4) is 0 Å². The minimum Gasteiger partial charge on any atom is -0.683 e. The largest absolute Gasteiger partial charge is 2.00 e. The number of nitrogens with one attached hydrogen (secondary N) is 1. The van der Waals surface area contributed by atoms with Gasteiger partial charge in [-0.3, -0.25) is 6.67 Å². The Hall–Kier alpha value is 2.85. The Morgan fingerprint density at radius 2 is 1.25 bits per heavy atom. The van der Waals surface area contributed by atoms with Crippen LogP contribution < -0.4 is 0 Å². The summed E-state index contributed by atoms with van der Waals surface area (Å²) < 4.78 is 0. The Balaban J connectivity index is -0.0000000119. The standard InChI is InChI=1S/C3H8N2.CH3NSi.4W/c1-4-3-5-2;2-1-3;;;;/h3H2,1-2H3;2H,1H2;;;;/q-2;-1;;;;+2. The smallest absolute Gasteiger partial charge is 0.683 e. The van der Waals surface area contributed by atoms with Gasteiger partial charge in [0.05, 0.1) is 0 Å². The second-order valence-corrected chi connectivity index (χ2v) is 1.30. The third kappa shape index (κ3) is 76.7. The molecule has 0 heterocycles. The number of nitrogens with zero attached hydrogens (tertiary/aromatic N) is 2. The minimum atomic E-state index is 0. The van der Waals surface area contributed by atoms with E-state index < -0.39 is 0 Å². The molecule has 0 aliphatic heterocycles. The van der Waals surface area contributed by atoms with Crippen LogP contribution in [0, 0.1) is 0 Å². The molecule has 0 amide bonds. The number of rotatable bonds is 2. The summed E-state index contributed by atoms with van der Waals surface area (Å²) in [6, 6.07) is 0. The van der Waals surface area contributed by atoms with Crippen LogP contribution in [0.25, 0.3) is 16.4 Å². The van der Waals surface area contributed by atoms with Crippen molar-refractivity contribution in [2.75, 3.05) is 26.9 Å². The molecule has 0 saturated carbocycles. The van der Waals surface area contributed by atoms with E-state index >= 15 is 0 Å². The van der Waals surface area contributed by atoms with Crippen molar-refractivity contribution in [2.45, 2.75) is 0 Å². The molecular formula is C4H11N3SiW4-. The first-order chi connectivity index (χ1) is 3.83. The Morgan fingerprint density at radius 3 is 1.25 bits per heavy atom. The molecule has 12 heavy (non-hydrogen) atoms. The van der Waals surface area contributed by atoms with E-state index in [1.165, 1.54) is 0 Å². The molecule has 0 rings (SSSR count). The molecule has 0 aliphatic rings. The van der Waals surface area contributed by atoms with E-state index in [2.05, 4.69) is 20.9 Å². The van der Waals surface area contributed by atoms with Gasteiger partial charge in [-0.25, -0.2) is 0 Å². The molecule has 3 radical (unpaired) electrons. The topological polar surface area (TPSA) is 52.0 Å². The summed E-state index contributed by atoms with van der Waals surface area (Å²) in [5, 5.41) is 7.38. The zero-order chi connectivity index (χ0) is 6.83. The van der Waals surface area contributed by atoms with Crippen LogP contribution in [-0.4, -0.2) is 37.2 Å². The molecule has 8 heteroatoms. The van der Waals surface area contributed by atoms with Gasteiger partial charge in [0.1, 0.15) is 0 Å². The fraction of sp³-hybridized carbons (Fsp3) is 1.00. The van der Waals surface area contributed by atoms with Crippen LogP contribution in [0.15, 0.2) is 0 Å². The Bertz CT molecular complexity index is 36.3. The van der Waals surface area contributed by atoms with Crippen LogP contribution >= 0.6 is 0 Å². The predicted octanol–water partition coefficient (Wildman–Crippen LogP) is 1.11. The average Bonchev–Trinajstić information content (AvgIpc) is 1.71. The molecule has 0 saturated heterocycles. The summed E-state index contributed by atoms with van der Waals surface area (Å²) >= 11 is 0. The fourth-order valence-electron chi connectivity index (χ4n) is 0.141. The van der Waals surface area contributed by atoms with Crippen molar-refractivity contribution in [1.82, 2.24) is 0 Å². The molecule has 3 nitrogen and oxygen atoms in total. The first-order valence-corrected chi connectivity index (χ1v) is 2.94. The maximum absolute atomic E-state index is 6.12. The molecule has 0 atom stereocenters. The minimum absolute atomic E-state index is 0. The van der Waals surface area contributed by atoms with E-state index in [0.717, 1.165) is 0 Å². The summed E-state index contributed by atoms with van der Waals surface area (Å²) in [6.07, 6.45) is 0.306. The normalized spacial score (nSPS) is 5.00. The van der Waals surface area contributed by atoms with Gasteiger partial charge in [0, 0.05) is 63.2 Å². The summed E-state index contributed by atoms with van der Waals surface area (Å²) in [7, 11) is 6.34. The van der Waals surface area contributed by atoms with Crippen molar-refractivity contribution in [3.05, 3.63) is 16.4 Å². The van der Waals surface area contributed by atoms with Crippen LogP contribution in [-0.2, 0) is 84.3 Å². The van der Waals surface area contributed by atoms with Crippen molar-refractivity contribution < 1.29 is 84.3 Å². The molecule has 71 valence electrons. The van der Waals surface area contributed by atoms with E-state index in [0.29, 0.717) is 12.8 Å². The molecule has 0 aromatic rings. The van der Waals surface area contributed by atoms with Gasteiger partial charge in [-0.05, 0) is 10.2 Å². The van der Waals surface area contributed by atoms with Crippen LogP contribution in [0.2, 0.25) is 0 Å². The predicted molar refractivity (Wildman–Crippen MR) is 38.4 cm³/mol. The maximum atomic E-state index is 6.12. The first kappa shape index (κ1) is 36.4. The number of hydrogen-bond donors (Lipinski definition) is 0. The Morgan fingerprint density at radius 1 is 1.08 bits per heavy atom. The zero-order valence-corrected chi connectivity index (χ0v) is 19.7. The van der Waals surface area contributed by atoms with Gasteiger partial charge >= 0.3 is 21.1 Å². The summed E-state index contributed by atoms with van der Waals surface area (Å²) in [5.41, 5.74) is 6.12. The van der Waals surface area contributed by atoms with Gasteiger partial charge in [-0.1, -0.05) is 0 Å². The van der Waals surface area contributed by atoms with Gasteiger partial charge in [-0.15, -0.1) is 0 Å². The summed E-state index contributed by atoms with van der Waals surface area (Å²) in [5.74, 6) is 0. The van der Waals surface area contributed by atoms with Gasteiger partial charge in [0.15, 0.2) is 0 Å². The summed E-state index contributed by atoms with van der Waals surface area (Å²) in [6.45, 7) is 0.639. The summed E-state index contributed by atoms with van der Waals surface area (Å²) in [4.78, 5) is 0. The molecule has 0 aromatic carbocycles. The monoisotopic (exact) mass is 865 g/mol. The van der Waals surface area contributed by atoms with Crippen LogP contribution in [0.3, 0.4) is 0 Å². The van der Waals surface area contributed by atoms with Gasteiger partial charge in [0.25, 0.3) is 0 Å². The SMILES string of the molecule is C[N-]C[N-]C.[NH-]C[Si].[W+2].[W].[W].[W]. The molecular weight excluding hydrogens is 854 g/mol. The second kappa shape index (κ2) is 48.7. The average molecular weight is 865 g/mol. The van der Waals surface area contributed by atoms with E-state index in [4.69, 9.17) is 5.73 Å². The van der Waals surface area contributed by atoms with E-state index in [9.17, 15) is 0 Å². The third-order valence-electron chi connectivity index (χ3n) is 0.283. The first-order valence-electron chi connectivity index (χ1n) is 2.23. The van der Waals surface area contributed by atoms with Crippen molar-refractivity contribution in [2.24, 2.45) is 0 Å². The Labute approximate surface area is 136 Å². The third-order valence-corrected chi connectivity index (χ3v) is 0.283. The van der Waals surface area contributed by atoms with E-state index in [1.54, 1.807) is 14.1 Å². The van der Waals surface area contributed by atoms with Crippen molar-refractivity contribution >= 4 is 10.2 Å². The van der Waals surface area contributed by atoms with Gasteiger partial charge in [-0.2, -0.15) is 20.3 Å². The molecule has 0 spiro atoms.